The summed E-state index contributed by atoms with van der Waals surface area (Å²) in [5, 5.41) is 2.99. The highest BCUT2D eigenvalue weighted by Crippen LogP contribution is 2.29. The molecule has 2 aromatic carbocycles. The van der Waals surface area contributed by atoms with Crippen molar-refractivity contribution in [2.24, 2.45) is 0 Å². The van der Waals surface area contributed by atoms with Gasteiger partial charge in [-0.1, -0.05) is 57.2 Å². The van der Waals surface area contributed by atoms with Crippen LogP contribution < -0.4 is 10.2 Å². The van der Waals surface area contributed by atoms with E-state index in [2.05, 4.69) is 36.1 Å². The molecule has 0 saturated heterocycles. The lowest BCUT2D eigenvalue weighted by molar-refractivity contribution is 0.102. The number of nitrogens with one attached hydrogen (secondary N) is 1. The third kappa shape index (κ3) is 4.31. The van der Waals surface area contributed by atoms with Gasteiger partial charge in [0.05, 0.1) is 0 Å². The van der Waals surface area contributed by atoms with Gasteiger partial charge in [0.15, 0.2) is 0 Å². The Hall–Kier alpha value is -3.21. The SMILES string of the molecule is CN(c1ccccc1)c1nccc(C(=O)Nc2ccccc2C(C)(C)C)n1. The van der Waals surface area contributed by atoms with Crippen LogP contribution in [0.2, 0.25) is 0 Å². The summed E-state index contributed by atoms with van der Waals surface area (Å²) in [4.78, 5) is 23.4. The van der Waals surface area contributed by atoms with E-state index in [1.807, 2.05) is 66.5 Å². The number of nitrogens with zero attached hydrogens (tertiary/aromatic N) is 3. The molecule has 1 N–H and O–H groups in total. The molecule has 138 valence electrons. The number of carbonyl (C=O) groups excluding carboxylic acids is 1. The predicted octanol–water partition coefficient (Wildman–Crippen LogP) is 4.79. The lowest BCUT2D eigenvalue weighted by atomic mass is 9.86. The molecule has 0 atom stereocenters. The molecule has 1 amide bonds. The lowest BCUT2D eigenvalue weighted by Crippen LogP contribution is -2.21. The molecule has 1 aromatic heterocycles. The van der Waals surface area contributed by atoms with E-state index in [9.17, 15) is 4.79 Å². The predicted molar refractivity (Wildman–Crippen MR) is 110 cm³/mol. The molecule has 3 rings (SSSR count). The number of amides is 1. The first-order chi connectivity index (χ1) is 12.9. The van der Waals surface area contributed by atoms with E-state index >= 15 is 0 Å². The Morgan fingerprint density at radius 1 is 0.963 bits per heavy atom. The summed E-state index contributed by atoms with van der Waals surface area (Å²) in [7, 11) is 1.88. The molecular formula is C22H24N4O. The highest BCUT2D eigenvalue weighted by molar-refractivity contribution is 6.03. The number of hydrogen-bond acceptors (Lipinski definition) is 4. The van der Waals surface area contributed by atoms with Gasteiger partial charge in [-0.05, 0) is 35.2 Å². The van der Waals surface area contributed by atoms with Gasteiger partial charge in [-0.25, -0.2) is 9.97 Å². The number of benzene rings is 2. The molecule has 0 aliphatic rings. The zero-order chi connectivity index (χ0) is 19.4. The number of aromatic nitrogens is 2. The first-order valence-corrected chi connectivity index (χ1v) is 8.89. The minimum Gasteiger partial charge on any atom is -0.320 e. The van der Waals surface area contributed by atoms with E-state index in [4.69, 9.17) is 0 Å². The Kier molecular flexibility index (Phi) is 5.21. The molecule has 0 unspecified atom stereocenters. The fourth-order valence-corrected chi connectivity index (χ4v) is 2.84. The van der Waals surface area contributed by atoms with Crippen molar-refractivity contribution in [1.82, 2.24) is 9.97 Å². The first kappa shape index (κ1) is 18.6. The highest BCUT2D eigenvalue weighted by atomic mass is 16.1. The summed E-state index contributed by atoms with van der Waals surface area (Å²) in [5.74, 6) is 0.217. The standard InChI is InChI=1S/C22H24N4O/c1-22(2,3)17-12-8-9-13-18(17)24-20(27)19-14-15-23-21(25-19)26(4)16-10-6-5-7-11-16/h5-15H,1-4H3,(H,24,27). The molecule has 0 bridgehead atoms. The topological polar surface area (TPSA) is 58.1 Å². The van der Waals surface area contributed by atoms with Crippen molar-refractivity contribution in [3.8, 4) is 0 Å². The second-order valence-electron chi connectivity index (χ2n) is 7.39. The number of para-hydroxylation sites is 2. The Bertz CT molecular complexity index is 932. The van der Waals surface area contributed by atoms with Crippen LogP contribution in [0.3, 0.4) is 0 Å². The van der Waals surface area contributed by atoms with Gasteiger partial charge in [0.25, 0.3) is 5.91 Å². The summed E-state index contributed by atoms with van der Waals surface area (Å²) in [6.45, 7) is 6.36. The van der Waals surface area contributed by atoms with Crippen molar-refractivity contribution in [3.63, 3.8) is 0 Å². The number of anilines is 3. The Morgan fingerprint density at radius 2 is 1.63 bits per heavy atom. The van der Waals surface area contributed by atoms with Crippen LogP contribution in [-0.2, 0) is 5.41 Å². The fraction of sp³-hybridized carbons (Fsp3) is 0.227. The van der Waals surface area contributed by atoms with Crippen molar-refractivity contribution >= 4 is 23.2 Å². The quantitative estimate of drug-likeness (QED) is 0.726. The molecule has 0 spiro atoms. The summed E-state index contributed by atoms with van der Waals surface area (Å²) < 4.78 is 0. The molecule has 5 heteroatoms. The van der Waals surface area contributed by atoms with Crippen molar-refractivity contribution in [1.29, 1.82) is 0 Å². The van der Waals surface area contributed by atoms with Gasteiger partial charge in [0.2, 0.25) is 5.95 Å². The maximum atomic E-state index is 12.8. The summed E-state index contributed by atoms with van der Waals surface area (Å²) in [6.07, 6.45) is 1.60. The van der Waals surface area contributed by atoms with Crippen molar-refractivity contribution < 1.29 is 4.79 Å². The van der Waals surface area contributed by atoms with Crippen LogP contribution in [-0.4, -0.2) is 22.9 Å². The molecule has 27 heavy (non-hydrogen) atoms. The van der Waals surface area contributed by atoms with Gasteiger partial charge in [-0.2, -0.15) is 0 Å². The van der Waals surface area contributed by atoms with Crippen LogP contribution in [0, 0.1) is 0 Å². The Morgan fingerprint density at radius 3 is 2.33 bits per heavy atom. The number of rotatable bonds is 4. The molecule has 0 aliphatic carbocycles. The normalized spacial score (nSPS) is 11.1. The van der Waals surface area contributed by atoms with E-state index < -0.39 is 0 Å². The monoisotopic (exact) mass is 360 g/mol. The highest BCUT2D eigenvalue weighted by Gasteiger charge is 2.20. The molecule has 0 fully saturated rings. The zero-order valence-corrected chi connectivity index (χ0v) is 16.1. The maximum Gasteiger partial charge on any atom is 0.274 e. The molecule has 3 aromatic rings. The Labute approximate surface area is 160 Å². The third-order valence-electron chi connectivity index (χ3n) is 4.30. The number of hydrogen-bond donors (Lipinski definition) is 1. The van der Waals surface area contributed by atoms with Gasteiger partial charge < -0.3 is 10.2 Å². The lowest BCUT2D eigenvalue weighted by Gasteiger charge is -2.23. The summed E-state index contributed by atoms with van der Waals surface area (Å²) in [6, 6.07) is 19.3. The number of carbonyl (C=O) groups is 1. The van der Waals surface area contributed by atoms with E-state index in [0.717, 1.165) is 16.9 Å². The van der Waals surface area contributed by atoms with Gasteiger partial charge in [0, 0.05) is 24.6 Å². The smallest absolute Gasteiger partial charge is 0.274 e. The van der Waals surface area contributed by atoms with Crippen LogP contribution in [0.25, 0.3) is 0 Å². The minimum absolute atomic E-state index is 0.0752. The maximum absolute atomic E-state index is 12.8. The molecule has 0 aliphatic heterocycles. The van der Waals surface area contributed by atoms with Gasteiger partial charge in [-0.3, -0.25) is 4.79 Å². The second-order valence-corrected chi connectivity index (χ2v) is 7.39. The summed E-state index contributed by atoms with van der Waals surface area (Å²) >= 11 is 0. The van der Waals surface area contributed by atoms with Crippen molar-refractivity contribution in [3.05, 3.63) is 78.1 Å². The first-order valence-electron chi connectivity index (χ1n) is 8.89. The molecule has 5 nitrogen and oxygen atoms in total. The third-order valence-corrected chi connectivity index (χ3v) is 4.30. The second kappa shape index (κ2) is 7.58. The van der Waals surface area contributed by atoms with Crippen LogP contribution in [0.4, 0.5) is 17.3 Å². The molecule has 0 saturated carbocycles. The van der Waals surface area contributed by atoms with Crippen LogP contribution in [0.15, 0.2) is 66.9 Å². The zero-order valence-electron chi connectivity index (χ0n) is 16.1. The van der Waals surface area contributed by atoms with Gasteiger partial charge in [0.1, 0.15) is 5.69 Å². The van der Waals surface area contributed by atoms with Crippen LogP contribution in [0.1, 0.15) is 36.8 Å². The van der Waals surface area contributed by atoms with Gasteiger partial charge >= 0.3 is 0 Å². The van der Waals surface area contributed by atoms with E-state index in [-0.39, 0.29) is 11.3 Å². The fourth-order valence-electron chi connectivity index (χ4n) is 2.84. The molecule has 1 heterocycles. The van der Waals surface area contributed by atoms with Crippen LogP contribution >= 0.6 is 0 Å². The largest absolute Gasteiger partial charge is 0.320 e. The minimum atomic E-state index is -0.253. The van der Waals surface area contributed by atoms with Crippen molar-refractivity contribution in [2.75, 3.05) is 17.3 Å². The van der Waals surface area contributed by atoms with E-state index in [1.54, 1.807) is 12.3 Å². The average molecular weight is 360 g/mol. The summed E-state index contributed by atoms with van der Waals surface area (Å²) in [5.41, 5.74) is 3.08. The average Bonchev–Trinajstić information content (AvgIpc) is 2.68. The molecular weight excluding hydrogens is 336 g/mol. The van der Waals surface area contributed by atoms with Gasteiger partial charge in [-0.15, -0.1) is 0 Å². The van der Waals surface area contributed by atoms with Crippen LogP contribution in [0.5, 0.6) is 0 Å². The van der Waals surface area contributed by atoms with E-state index in [0.29, 0.717) is 11.6 Å². The molecule has 0 radical (unpaired) electrons. The van der Waals surface area contributed by atoms with Crippen molar-refractivity contribution in [2.45, 2.75) is 26.2 Å². The Balaban J connectivity index is 1.85. The van der Waals surface area contributed by atoms with E-state index in [1.165, 1.54) is 0 Å².